The average molecular weight is 573 g/mol. The fourth-order valence-corrected chi connectivity index (χ4v) is 12.0. The molecule has 0 bridgehead atoms. The summed E-state index contributed by atoms with van der Waals surface area (Å²) in [5.74, 6) is 0.564. The number of aryl methyl sites for hydroxylation is 2. The van der Waals surface area contributed by atoms with E-state index in [4.69, 9.17) is 5.73 Å². The number of anilines is 1. The number of hydrogen-bond donors (Lipinski definition) is 1. The van der Waals surface area contributed by atoms with E-state index in [1.54, 1.807) is 0 Å². The van der Waals surface area contributed by atoms with Crippen molar-refractivity contribution < 1.29 is 21.5 Å². The third kappa shape index (κ3) is 4.52. The molecule has 3 aromatic carbocycles. The molecule has 0 unspecified atom stereocenters. The van der Waals surface area contributed by atoms with Gasteiger partial charge in [-0.05, 0) is 0 Å². The SMILES string of the molecule is Cc1cc[n+](CCCP(Br)(c2ccccc2)(c2ccccc2)c2ccccc2)c(N)n1.[Br-]. The largest absolute Gasteiger partial charge is 1.00 e. The van der Waals surface area contributed by atoms with Crippen molar-refractivity contribution in [3.05, 3.63) is 109 Å². The van der Waals surface area contributed by atoms with E-state index in [-0.39, 0.29) is 17.0 Å². The molecule has 166 valence electrons. The van der Waals surface area contributed by atoms with E-state index in [2.05, 4.69) is 111 Å². The Hall–Kier alpha value is -2.07. The molecule has 3 nitrogen and oxygen atoms in total. The van der Waals surface area contributed by atoms with E-state index in [1.807, 2.05) is 23.8 Å². The van der Waals surface area contributed by atoms with Crippen molar-refractivity contribution in [2.75, 3.05) is 11.9 Å². The van der Waals surface area contributed by atoms with Gasteiger partial charge < -0.3 is 17.0 Å². The molecule has 6 heteroatoms. The second-order valence-corrected chi connectivity index (χ2v) is 16.9. The van der Waals surface area contributed by atoms with Gasteiger partial charge in [0.05, 0.1) is 0 Å². The first kappa shape index (κ1) is 24.6. The maximum atomic E-state index is 6.19. The maximum Gasteiger partial charge on any atom is -1.00 e. The van der Waals surface area contributed by atoms with Gasteiger partial charge in [-0.2, -0.15) is 0 Å². The first-order chi connectivity index (χ1) is 15.0. The molecular formula is C26H28Br2N3P. The molecule has 2 N–H and O–H groups in total. The van der Waals surface area contributed by atoms with Gasteiger partial charge in [-0.1, -0.05) is 0 Å². The van der Waals surface area contributed by atoms with Gasteiger partial charge in [0.1, 0.15) is 0 Å². The average Bonchev–Trinajstić information content (AvgIpc) is 2.82. The van der Waals surface area contributed by atoms with Gasteiger partial charge in [0.2, 0.25) is 0 Å². The third-order valence-corrected chi connectivity index (χ3v) is 16.0. The summed E-state index contributed by atoms with van der Waals surface area (Å²) in [5, 5.41) is 1.13. The summed E-state index contributed by atoms with van der Waals surface area (Å²) in [4.78, 5) is 4.42. The van der Waals surface area contributed by atoms with Crippen molar-refractivity contribution >= 4 is 42.7 Å². The number of nitrogens with zero attached hydrogens (tertiary/aromatic N) is 2. The third-order valence-electron chi connectivity index (χ3n) is 5.94. The molecule has 1 heterocycles. The molecule has 0 fully saturated rings. The Labute approximate surface area is 209 Å². The Morgan fingerprint density at radius 2 is 1.22 bits per heavy atom. The van der Waals surface area contributed by atoms with Gasteiger partial charge in [-0.15, -0.1) is 0 Å². The molecule has 0 amide bonds. The normalized spacial score (nSPS) is 12.4. The molecule has 0 aliphatic rings. The summed E-state index contributed by atoms with van der Waals surface area (Å²) < 4.78 is 2.04. The van der Waals surface area contributed by atoms with Gasteiger partial charge in [-0.25, -0.2) is 0 Å². The fourth-order valence-electron chi connectivity index (χ4n) is 4.33. The summed E-state index contributed by atoms with van der Waals surface area (Å²) in [6.07, 6.45) is 3.97. The van der Waals surface area contributed by atoms with E-state index in [1.165, 1.54) is 15.9 Å². The van der Waals surface area contributed by atoms with Crippen LogP contribution in [0.15, 0.2) is 103 Å². The van der Waals surface area contributed by atoms with E-state index >= 15 is 0 Å². The standard InChI is InChI=1S/C26H27BrN3P.BrH/c1-22-18-20-30(26(28)29-22)19-11-21-31(27,23-12-5-2-6-13-23,24-14-7-3-8-15-24)25-16-9-4-10-17-25;/h2-10,12-18,20,28H,11,19,21H2,1H3;1H. The zero-order chi connectivity index (χ0) is 21.8. The first-order valence-corrected chi connectivity index (χ1v) is 15.0. The Morgan fingerprint density at radius 1 is 0.781 bits per heavy atom. The van der Waals surface area contributed by atoms with E-state index < -0.39 is 5.31 Å². The number of benzene rings is 3. The zero-order valence-electron chi connectivity index (χ0n) is 18.1. The van der Waals surface area contributed by atoms with E-state index in [0.717, 1.165) is 24.8 Å². The number of aromatic nitrogens is 2. The molecule has 0 spiro atoms. The summed E-state index contributed by atoms with van der Waals surface area (Å²) in [5.41, 5.74) is 7.13. The van der Waals surface area contributed by atoms with Gasteiger partial charge in [0.15, 0.2) is 0 Å². The number of nitrogen functional groups attached to an aromatic ring is 1. The number of hydrogen-bond acceptors (Lipinski definition) is 2. The fraction of sp³-hybridized carbons (Fsp3) is 0.154. The van der Waals surface area contributed by atoms with Crippen molar-refractivity contribution in [2.24, 2.45) is 0 Å². The minimum Gasteiger partial charge on any atom is -1.00 e. The van der Waals surface area contributed by atoms with Crippen molar-refractivity contribution in [1.82, 2.24) is 4.98 Å². The van der Waals surface area contributed by atoms with Gasteiger partial charge in [0.25, 0.3) is 0 Å². The van der Waals surface area contributed by atoms with Gasteiger partial charge >= 0.3 is 193 Å². The van der Waals surface area contributed by atoms with Crippen LogP contribution in [-0.2, 0) is 6.54 Å². The molecule has 4 aromatic rings. The predicted molar refractivity (Wildman–Crippen MR) is 137 cm³/mol. The Bertz CT molecular complexity index is 1060. The van der Waals surface area contributed by atoms with E-state index in [0.29, 0.717) is 5.95 Å². The molecule has 0 atom stereocenters. The summed E-state index contributed by atoms with van der Waals surface area (Å²) >= 11 is 4.50. The molecule has 0 aliphatic carbocycles. The Kier molecular flexibility index (Phi) is 7.87. The van der Waals surface area contributed by atoms with Crippen LogP contribution in [0, 0.1) is 6.92 Å². The summed E-state index contributed by atoms with van der Waals surface area (Å²) in [6.45, 7) is 2.78. The van der Waals surface area contributed by atoms with Crippen LogP contribution in [0.4, 0.5) is 5.95 Å². The number of rotatable bonds is 7. The first-order valence-electron chi connectivity index (χ1n) is 10.5. The molecule has 0 saturated carbocycles. The Morgan fingerprint density at radius 3 is 1.62 bits per heavy atom. The second-order valence-electron chi connectivity index (χ2n) is 7.89. The molecule has 32 heavy (non-hydrogen) atoms. The van der Waals surface area contributed by atoms with Crippen molar-refractivity contribution in [3.63, 3.8) is 0 Å². The van der Waals surface area contributed by atoms with Crippen molar-refractivity contribution in [3.8, 4) is 0 Å². The Balaban J connectivity index is 0.00000289. The molecule has 0 radical (unpaired) electrons. The summed E-state index contributed by atoms with van der Waals surface area (Å²) in [6, 6.07) is 34.7. The number of halogens is 2. The monoisotopic (exact) mass is 571 g/mol. The van der Waals surface area contributed by atoms with E-state index in [9.17, 15) is 0 Å². The predicted octanol–water partition coefficient (Wildman–Crippen LogP) is 1.49. The zero-order valence-corrected chi connectivity index (χ0v) is 22.2. The minimum absolute atomic E-state index is 0. The molecular weight excluding hydrogens is 545 g/mol. The van der Waals surface area contributed by atoms with Crippen LogP contribution in [0.25, 0.3) is 0 Å². The van der Waals surface area contributed by atoms with Gasteiger partial charge in [0, 0.05) is 0 Å². The van der Waals surface area contributed by atoms with Crippen molar-refractivity contribution in [2.45, 2.75) is 19.9 Å². The minimum atomic E-state index is -2.88. The van der Waals surface area contributed by atoms with Crippen LogP contribution in [-0.4, -0.2) is 11.1 Å². The summed E-state index contributed by atoms with van der Waals surface area (Å²) in [7, 11) is 0. The number of nitrogens with two attached hydrogens (primary N) is 1. The van der Waals surface area contributed by atoms with Crippen LogP contribution < -0.4 is 43.2 Å². The quantitative estimate of drug-likeness (QED) is 0.269. The van der Waals surface area contributed by atoms with Crippen LogP contribution >= 0.6 is 20.8 Å². The molecule has 0 aliphatic heterocycles. The smallest absolute Gasteiger partial charge is 1.00 e. The van der Waals surface area contributed by atoms with Crippen LogP contribution in [0.3, 0.4) is 0 Å². The second kappa shape index (κ2) is 10.2. The van der Waals surface area contributed by atoms with Crippen LogP contribution in [0.2, 0.25) is 0 Å². The van der Waals surface area contributed by atoms with Crippen molar-refractivity contribution in [1.29, 1.82) is 0 Å². The topological polar surface area (TPSA) is 42.8 Å². The van der Waals surface area contributed by atoms with Gasteiger partial charge in [-0.3, -0.25) is 0 Å². The molecule has 1 aromatic heterocycles. The molecule has 0 saturated heterocycles. The molecule has 4 rings (SSSR count). The van der Waals surface area contributed by atoms with Crippen LogP contribution in [0.1, 0.15) is 12.1 Å². The van der Waals surface area contributed by atoms with Crippen LogP contribution in [0.5, 0.6) is 0 Å². The maximum absolute atomic E-state index is 6.19.